The molecule has 0 bridgehead atoms. The van der Waals surface area contributed by atoms with Crippen molar-refractivity contribution in [3.05, 3.63) is 23.8 Å². The van der Waals surface area contributed by atoms with Crippen molar-refractivity contribution in [1.29, 1.82) is 0 Å². The zero-order valence-electron chi connectivity index (χ0n) is 21.5. The van der Waals surface area contributed by atoms with E-state index in [1.165, 1.54) is 19.3 Å². The Bertz CT molecular complexity index is 884. The SMILES string of the molecule is C[C@@H]1CN([C@H](C)CO)C(=O)c2cccc(NC(=O)NC3CCCCC3)c2O[C@@H]1CN(C)CC1CC1. The van der Waals surface area contributed by atoms with E-state index >= 15 is 0 Å². The highest BCUT2D eigenvalue weighted by Gasteiger charge is 2.35. The first-order valence-electron chi connectivity index (χ1n) is 13.3. The van der Waals surface area contributed by atoms with Crippen LogP contribution >= 0.6 is 0 Å². The van der Waals surface area contributed by atoms with Gasteiger partial charge in [-0.05, 0) is 57.7 Å². The van der Waals surface area contributed by atoms with Gasteiger partial charge in [-0.25, -0.2) is 4.79 Å². The van der Waals surface area contributed by atoms with Crippen LogP contribution in [0.15, 0.2) is 18.2 Å². The lowest BCUT2D eigenvalue weighted by Crippen LogP contribution is -2.50. The number of fused-ring (bicyclic) bond motifs is 1. The zero-order chi connectivity index (χ0) is 24.9. The molecule has 2 fully saturated rings. The molecule has 3 aliphatic rings. The highest BCUT2D eigenvalue weighted by Crippen LogP contribution is 2.35. The molecule has 0 saturated heterocycles. The van der Waals surface area contributed by atoms with Gasteiger partial charge in [0, 0.05) is 31.6 Å². The van der Waals surface area contributed by atoms with E-state index in [9.17, 15) is 14.7 Å². The molecule has 3 atom stereocenters. The van der Waals surface area contributed by atoms with Crippen LogP contribution in [-0.4, -0.2) is 78.3 Å². The monoisotopic (exact) mass is 486 g/mol. The van der Waals surface area contributed by atoms with Gasteiger partial charge in [0.25, 0.3) is 5.91 Å². The molecule has 3 amide bonds. The van der Waals surface area contributed by atoms with Crippen LogP contribution < -0.4 is 15.4 Å². The number of benzene rings is 1. The van der Waals surface area contributed by atoms with E-state index < -0.39 is 0 Å². The first-order chi connectivity index (χ1) is 16.9. The van der Waals surface area contributed by atoms with Gasteiger partial charge in [0.15, 0.2) is 5.75 Å². The maximum Gasteiger partial charge on any atom is 0.319 e. The molecule has 194 valence electrons. The molecular formula is C27H42N4O4. The normalized spacial score (nSPS) is 24.3. The second-order valence-corrected chi connectivity index (χ2v) is 10.9. The smallest absolute Gasteiger partial charge is 0.319 e. The van der Waals surface area contributed by atoms with Crippen molar-refractivity contribution in [2.75, 3.05) is 38.6 Å². The molecule has 8 heteroatoms. The van der Waals surface area contributed by atoms with E-state index in [1.54, 1.807) is 23.1 Å². The number of anilines is 1. The lowest BCUT2D eigenvalue weighted by Gasteiger charge is -2.38. The molecule has 1 aromatic carbocycles. The Hall–Kier alpha value is -2.32. The first-order valence-corrected chi connectivity index (χ1v) is 13.3. The number of likely N-dealkylation sites (N-methyl/N-ethyl adjacent to an activating group) is 1. The Kier molecular flexibility index (Phi) is 8.55. The fourth-order valence-corrected chi connectivity index (χ4v) is 5.27. The van der Waals surface area contributed by atoms with Gasteiger partial charge >= 0.3 is 6.03 Å². The summed E-state index contributed by atoms with van der Waals surface area (Å²) < 4.78 is 6.58. The summed E-state index contributed by atoms with van der Waals surface area (Å²) in [6, 6.07) is 4.92. The Labute approximate surface area is 209 Å². The van der Waals surface area contributed by atoms with Crippen LogP contribution in [-0.2, 0) is 0 Å². The number of hydrogen-bond donors (Lipinski definition) is 3. The number of nitrogens with zero attached hydrogens (tertiary/aromatic N) is 2. The van der Waals surface area contributed by atoms with Gasteiger partial charge in [-0.2, -0.15) is 0 Å². The summed E-state index contributed by atoms with van der Waals surface area (Å²) in [5.41, 5.74) is 0.923. The van der Waals surface area contributed by atoms with Crippen molar-refractivity contribution in [3.8, 4) is 5.75 Å². The molecule has 0 unspecified atom stereocenters. The van der Waals surface area contributed by atoms with Crippen LogP contribution in [0.4, 0.5) is 10.5 Å². The molecule has 0 aromatic heterocycles. The van der Waals surface area contributed by atoms with Gasteiger partial charge < -0.3 is 30.3 Å². The van der Waals surface area contributed by atoms with E-state index in [4.69, 9.17) is 4.74 Å². The summed E-state index contributed by atoms with van der Waals surface area (Å²) in [6.07, 6.45) is 7.89. The largest absolute Gasteiger partial charge is 0.486 e. The summed E-state index contributed by atoms with van der Waals surface area (Å²) in [5, 5.41) is 15.9. The van der Waals surface area contributed by atoms with Crippen molar-refractivity contribution >= 4 is 17.6 Å². The average molecular weight is 487 g/mol. The summed E-state index contributed by atoms with van der Waals surface area (Å²) in [7, 11) is 2.12. The molecule has 1 aliphatic heterocycles. The Balaban J connectivity index is 1.59. The fourth-order valence-electron chi connectivity index (χ4n) is 5.27. The highest BCUT2D eigenvalue weighted by atomic mass is 16.5. The second kappa shape index (κ2) is 11.6. The maximum absolute atomic E-state index is 13.6. The molecule has 2 saturated carbocycles. The predicted octanol–water partition coefficient (Wildman–Crippen LogP) is 3.70. The van der Waals surface area contributed by atoms with Crippen molar-refractivity contribution < 1.29 is 19.4 Å². The number of ether oxygens (including phenoxy) is 1. The van der Waals surface area contributed by atoms with Crippen LogP contribution in [0.2, 0.25) is 0 Å². The van der Waals surface area contributed by atoms with Crippen LogP contribution in [0, 0.1) is 11.8 Å². The molecule has 1 aromatic rings. The van der Waals surface area contributed by atoms with Gasteiger partial charge in [0.2, 0.25) is 0 Å². The average Bonchev–Trinajstić information content (AvgIpc) is 3.65. The van der Waals surface area contributed by atoms with Gasteiger partial charge in [-0.3, -0.25) is 4.79 Å². The van der Waals surface area contributed by atoms with Gasteiger partial charge in [-0.15, -0.1) is 0 Å². The fraction of sp³-hybridized carbons (Fsp3) is 0.704. The molecule has 0 radical (unpaired) electrons. The van der Waals surface area contributed by atoms with Crippen LogP contribution in [0.3, 0.4) is 0 Å². The Morgan fingerprint density at radius 1 is 1.20 bits per heavy atom. The Morgan fingerprint density at radius 3 is 2.63 bits per heavy atom. The number of rotatable bonds is 8. The van der Waals surface area contributed by atoms with Crippen LogP contribution in [0.1, 0.15) is 69.2 Å². The van der Waals surface area contributed by atoms with Crippen molar-refractivity contribution in [1.82, 2.24) is 15.1 Å². The summed E-state index contributed by atoms with van der Waals surface area (Å²) in [5.74, 6) is 1.05. The molecule has 8 nitrogen and oxygen atoms in total. The second-order valence-electron chi connectivity index (χ2n) is 10.9. The summed E-state index contributed by atoms with van der Waals surface area (Å²) >= 11 is 0. The van der Waals surface area contributed by atoms with Gasteiger partial charge in [-0.1, -0.05) is 32.3 Å². The van der Waals surface area contributed by atoms with E-state index in [1.807, 2.05) is 6.92 Å². The molecular weight excluding hydrogens is 444 g/mol. The molecule has 0 spiro atoms. The standard InChI is InChI=1S/C27H42N4O4/c1-18-14-31(19(2)17-32)26(33)22-10-7-11-23(29-27(34)28-21-8-5-4-6-9-21)25(22)35-24(18)16-30(3)15-20-12-13-20/h7,10-11,18-21,24,32H,4-6,8-9,12-17H2,1-3H3,(H2,28,29,34)/t18-,19-,24-/m1/s1. The summed E-state index contributed by atoms with van der Waals surface area (Å²) in [6.45, 7) is 6.12. The van der Waals surface area contributed by atoms with E-state index in [2.05, 4.69) is 29.5 Å². The number of aliphatic hydroxyl groups excluding tert-OH is 1. The number of para-hydroxylation sites is 1. The van der Waals surface area contributed by atoms with Crippen LogP contribution in [0.5, 0.6) is 5.75 Å². The number of carbonyl (C=O) groups excluding carboxylic acids is 2. The molecule has 2 aliphatic carbocycles. The minimum Gasteiger partial charge on any atom is -0.486 e. The quantitative estimate of drug-likeness (QED) is 0.521. The van der Waals surface area contributed by atoms with Gasteiger partial charge in [0.05, 0.1) is 23.9 Å². The molecule has 1 heterocycles. The van der Waals surface area contributed by atoms with Crippen molar-refractivity contribution in [2.45, 2.75) is 77.0 Å². The van der Waals surface area contributed by atoms with Crippen LogP contribution in [0.25, 0.3) is 0 Å². The number of aliphatic hydroxyl groups is 1. The first kappa shape index (κ1) is 25.8. The maximum atomic E-state index is 13.6. The number of amides is 3. The minimum atomic E-state index is -0.313. The number of carbonyl (C=O) groups is 2. The van der Waals surface area contributed by atoms with Crippen molar-refractivity contribution in [2.24, 2.45) is 11.8 Å². The lowest BCUT2D eigenvalue weighted by atomic mass is 9.96. The molecule has 35 heavy (non-hydrogen) atoms. The third-order valence-electron chi connectivity index (χ3n) is 7.64. The summed E-state index contributed by atoms with van der Waals surface area (Å²) in [4.78, 5) is 30.5. The number of urea groups is 1. The van der Waals surface area contributed by atoms with E-state index in [0.29, 0.717) is 23.5 Å². The third-order valence-corrected chi connectivity index (χ3v) is 7.64. The number of nitrogens with one attached hydrogen (secondary N) is 2. The highest BCUT2D eigenvalue weighted by molar-refractivity contribution is 6.01. The third kappa shape index (κ3) is 6.67. The lowest BCUT2D eigenvalue weighted by molar-refractivity contribution is 0.0346. The predicted molar refractivity (Wildman–Crippen MR) is 137 cm³/mol. The zero-order valence-corrected chi connectivity index (χ0v) is 21.5. The van der Waals surface area contributed by atoms with E-state index in [-0.39, 0.29) is 42.7 Å². The molecule has 3 N–H and O–H groups in total. The van der Waals surface area contributed by atoms with Gasteiger partial charge in [0.1, 0.15) is 6.10 Å². The molecule has 4 rings (SSSR count). The Morgan fingerprint density at radius 2 is 1.94 bits per heavy atom. The van der Waals surface area contributed by atoms with E-state index in [0.717, 1.165) is 44.7 Å². The van der Waals surface area contributed by atoms with Crippen molar-refractivity contribution in [3.63, 3.8) is 0 Å². The minimum absolute atomic E-state index is 0.0480. The topological polar surface area (TPSA) is 94.1 Å². The number of hydrogen-bond acceptors (Lipinski definition) is 5.